The van der Waals surface area contributed by atoms with Gasteiger partial charge in [-0.1, -0.05) is 41.1 Å². The van der Waals surface area contributed by atoms with Crippen LogP contribution in [-0.4, -0.2) is 15.4 Å². The highest BCUT2D eigenvalue weighted by atomic mass is 79.9. The molecule has 2 aromatic rings. The van der Waals surface area contributed by atoms with Crippen molar-refractivity contribution in [2.75, 3.05) is 0 Å². The Morgan fingerprint density at radius 2 is 2.07 bits per heavy atom. The normalized spacial score (nSPS) is 16.5. The van der Waals surface area contributed by atoms with Crippen LogP contribution in [0.3, 0.4) is 0 Å². The Morgan fingerprint density at radius 3 is 2.79 bits per heavy atom. The van der Waals surface area contributed by atoms with Crippen molar-refractivity contribution in [1.29, 1.82) is 0 Å². The highest BCUT2D eigenvalue weighted by molar-refractivity contribution is 9.11. The Kier molecular flexibility index (Phi) is 6.73. The summed E-state index contributed by atoms with van der Waals surface area (Å²) in [5.41, 5.74) is 6.59. The van der Waals surface area contributed by atoms with Crippen LogP contribution in [0.15, 0.2) is 34.1 Å². The van der Waals surface area contributed by atoms with E-state index in [0.29, 0.717) is 18.9 Å². The molecule has 0 aliphatic heterocycles. The molecule has 1 unspecified atom stereocenters. The highest BCUT2D eigenvalue weighted by Gasteiger charge is 2.19. The van der Waals surface area contributed by atoms with E-state index in [1.807, 2.05) is 26.0 Å². The molecule has 1 atom stereocenters. The molecule has 1 N–H and O–H groups in total. The molecule has 0 radical (unpaired) electrons. The molecule has 1 aromatic heterocycles. The van der Waals surface area contributed by atoms with Gasteiger partial charge in [0, 0.05) is 17.4 Å². The highest BCUT2D eigenvalue weighted by Crippen LogP contribution is 2.35. The summed E-state index contributed by atoms with van der Waals surface area (Å²) in [4.78, 5) is 10.8. The summed E-state index contributed by atoms with van der Waals surface area (Å²) in [5.74, 6) is 0.518. The van der Waals surface area contributed by atoms with Crippen LogP contribution in [0.25, 0.3) is 5.57 Å². The van der Waals surface area contributed by atoms with Crippen LogP contribution in [0.2, 0.25) is 0 Å². The van der Waals surface area contributed by atoms with Gasteiger partial charge in [-0.15, -0.1) is 0 Å². The van der Waals surface area contributed by atoms with Crippen LogP contribution < -0.4 is 4.74 Å². The first-order valence-corrected chi connectivity index (χ1v) is 10.9. The molecule has 1 aliphatic rings. The Balaban J connectivity index is 1.73. The molecule has 3 rings (SSSR count). The maximum absolute atomic E-state index is 10.8. The summed E-state index contributed by atoms with van der Waals surface area (Å²) >= 11 is 5.06. The Labute approximate surface area is 178 Å². The van der Waals surface area contributed by atoms with E-state index >= 15 is 0 Å². The molecule has 1 heterocycles. The lowest BCUT2D eigenvalue weighted by Crippen LogP contribution is -2.05. The van der Waals surface area contributed by atoms with E-state index in [4.69, 9.17) is 9.84 Å². The molecule has 0 bridgehead atoms. The van der Waals surface area contributed by atoms with Gasteiger partial charge < -0.3 is 9.84 Å². The molecule has 0 spiro atoms. The minimum absolute atomic E-state index is 0.141. The van der Waals surface area contributed by atoms with Gasteiger partial charge in [-0.25, -0.2) is 0 Å². The number of ether oxygens (including phenoxy) is 1. The zero-order valence-corrected chi connectivity index (χ0v) is 18.7. The fourth-order valence-electron chi connectivity index (χ4n) is 3.32. The fourth-order valence-corrected chi connectivity index (χ4v) is 4.31. The van der Waals surface area contributed by atoms with Gasteiger partial charge in [0.15, 0.2) is 0 Å². The number of nitrogens with zero attached hydrogens (tertiary/aromatic N) is 1. The number of benzene rings is 1. The largest absolute Gasteiger partial charge is 0.489 e. The van der Waals surface area contributed by atoms with E-state index in [0.717, 1.165) is 40.1 Å². The predicted octanol–water partition coefficient (Wildman–Crippen LogP) is 6.06. The third kappa shape index (κ3) is 4.73. The average molecular weight is 462 g/mol. The van der Waals surface area contributed by atoms with Crippen molar-refractivity contribution in [2.24, 2.45) is 5.92 Å². The first-order chi connectivity index (χ1) is 13.4. The molecule has 6 heteroatoms. The summed E-state index contributed by atoms with van der Waals surface area (Å²) in [5, 5.41) is 11.0. The number of rotatable bonds is 7. The SMILES string of the molecule is Cc1c(CCC(=O)O)ccc(OCc2csnc2C2=CC=C(Br)C(C)C2)c1C. The zero-order chi connectivity index (χ0) is 20.3. The number of halogens is 1. The standard InChI is InChI=1S/C22H24BrNO3S/c1-13-10-17(4-7-19(13)23)22-18(12-28-24-22)11-27-20-8-5-16(6-9-21(25)26)14(2)15(20)3/h4-5,7-8,12-13H,6,9-11H2,1-3H3,(H,25,26). The van der Waals surface area contributed by atoms with Gasteiger partial charge in [0.2, 0.25) is 0 Å². The molecule has 0 saturated heterocycles. The van der Waals surface area contributed by atoms with Crippen molar-refractivity contribution in [3.63, 3.8) is 0 Å². The van der Waals surface area contributed by atoms with Crippen LogP contribution in [0, 0.1) is 19.8 Å². The first kappa shape index (κ1) is 20.8. The van der Waals surface area contributed by atoms with Crippen molar-refractivity contribution in [1.82, 2.24) is 4.37 Å². The molecule has 0 fully saturated rings. The first-order valence-electron chi connectivity index (χ1n) is 9.30. The smallest absolute Gasteiger partial charge is 0.303 e. The quantitative estimate of drug-likeness (QED) is 0.544. The average Bonchev–Trinajstić information content (AvgIpc) is 3.13. The monoisotopic (exact) mass is 461 g/mol. The molecule has 28 heavy (non-hydrogen) atoms. The number of hydrogen-bond donors (Lipinski definition) is 1. The van der Waals surface area contributed by atoms with E-state index < -0.39 is 5.97 Å². The summed E-state index contributed by atoms with van der Waals surface area (Å²) in [6, 6.07) is 3.92. The molecule has 0 saturated carbocycles. The number of aliphatic carboxylic acids is 1. The van der Waals surface area contributed by atoms with Gasteiger partial charge >= 0.3 is 5.97 Å². The summed E-state index contributed by atoms with van der Waals surface area (Å²) in [6.45, 7) is 6.72. The third-order valence-corrected chi connectivity index (χ3v) is 6.95. The Hall–Kier alpha value is -1.92. The minimum Gasteiger partial charge on any atom is -0.489 e. The number of allylic oxidation sites excluding steroid dienone is 4. The molecular weight excluding hydrogens is 438 g/mol. The van der Waals surface area contributed by atoms with E-state index in [2.05, 4.69) is 44.8 Å². The second-order valence-corrected chi connectivity index (χ2v) is 8.74. The molecule has 4 nitrogen and oxygen atoms in total. The summed E-state index contributed by atoms with van der Waals surface area (Å²) in [7, 11) is 0. The number of carbonyl (C=O) groups is 1. The minimum atomic E-state index is -0.775. The van der Waals surface area contributed by atoms with Crippen LogP contribution >= 0.6 is 27.5 Å². The fraction of sp³-hybridized carbons (Fsp3) is 0.364. The van der Waals surface area contributed by atoms with Crippen molar-refractivity contribution >= 4 is 39.0 Å². The zero-order valence-electron chi connectivity index (χ0n) is 16.3. The summed E-state index contributed by atoms with van der Waals surface area (Å²) in [6.07, 6.45) is 5.88. The molecular formula is C22H24BrNO3S. The molecule has 1 aliphatic carbocycles. The molecule has 148 valence electrons. The van der Waals surface area contributed by atoms with E-state index in [1.165, 1.54) is 21.6 Å². The van der Waals surface area contributed by atoms with Gasteiger partial charge in [-0.2, -0.15) is 4.37 Å². The topological polar surface area (TPSA) is 59.4 Å². The second-order valence-electron chi connectivity index (χ2n) is 7.19. The van der Waals surface area contributed by atoms with E-state index in [1.54, 1.807) is 0 Å². The third-order valence-electron chi connectivity index (χ3n) is 5.23. The number of carboxylic acids is 1. The van der Waals surface area contributed by atoms with Crippen molar-refractivity contribution in [3.8, 4) is 5.75 Å². The van der Waals surface area contributed by atoms with Gasteiger partial charge in [-0.05, 0) is 77.0 Å². The van der Waals surface area contributed by atoms with Crippen LogP contribution in [0.4, 0.5) is 0 Å². The maximum Gasteiger partial charge on any atom is 0.303 e. The van der Waals surface area contributed by atoms with Crippen LogP contribution in [-0.2, 0) is 17.8 Å². The van der Waals surface area contributed by atoms with E-state index in [-0.39, 0.29) is 6.42 Å². The van der Waals surface area contributed by atoms with E-state index in [9.17, 15) is 4.79 Å². The molecule has 0 amide bonds. The number of hydrogen-bond acceptors (Lipinski definition) is 4. The second kappa shape index (κ2) is 9.05. The van der Waals surface area contributed by atoms with Crippen LogP contribution in [0.1, 0.15) is 47.7 Å². The Morgan fingerprint density at radius 1 is 1.29 bits per heavy atom. The van der Waals surface area contributed by atoms with Crippen molar-refractivity contribution in [2.45, 2.75) is 46.6 Å². The van der Waals surface area contributed by atoms with Crippen molar-refractivity contribution < 1.29 is 14.6 Å². The Bertz CT molecular complexity index is 945. The van der Waals surface area contributed by atoms with Crippen LogP contribution in [0.5, 0.6) is 5.75 Å². The van der Waals surface area contributed by atoms with Gasteiger partial charge in [0.25, 0.3) is 0 Å². The number of aromatic nitrogens is 1. The van der Waals surface area contributed by atoms with Gasteiger partial charge in [-0.3, -0.25) is 4.79 Å². The lowest BCUT2D eigenvalue weighted by Gasteiger charge is -2.18. The lowest BCUT2D eigenvalue weighted by atomic mass is 9.92. The lowest BCUT2D eigenvalue weighted by molar-refractivity contribution is -0.136. The van der Waals surface area contributed by atoms with Gasteiger partial charge in [0.05, 0.1) is 5.69 Å². The molecule has 1 aromatic carbocycles. The number of carboxylic acid groups (broad SMARTS) is 1. The maximum atomic E-state index is 10.8. The predicted molar refractivity (Wildman–Crippen MR) is 117 cm³/mol. The summed E-state index contributed by atoms with van der Waals surface area (Å²) < 4.78 is 11.9. The van der Waals surface area contributed by atoms with Gasteiger partial charge in [0.1, 0.15) is 12.4 Å². The number of aryl methyl sites for hydroxylation is 1. The van der Waals surface area contributed by atoms with Crippen molar-refractivity contribution in [3.05, 3.63) is 62.1 Å².